The molecule has 23 heavy (non-hydrogen) atoms. The molecule has 0 aliphatic heterocycles. The van der Waals surface area contributed by atoms with Crippen LogP contribution < -0.4 is 0 Å². The lowest BCUT2D eigenvalue weighted by molar-refractivity contribution is -0.151. The van der Waals surface area contributed by atoms with Crippen LogP contribution in [0.3, 0.4) is 0 Å². The molecule has 0 bridgehead atoms. The Morgan fingerprint density at radius 3 is 1.78 bits per heavy atom. The molecule has 0 spiro atoms. The third kappa shape index (κ3) is 5.50. The van der Waals surface area contributed by atoms with E-state index in [9.17, 15) is 4.79 Å². The van der Waals surface area contributed by atoms with Gasteiger partial charge in [0, 0.05) is 0 Å². The summed E-state index contributed by atoms with van der Waals surface area (Å²) in [5, 5.41) is 0. The molecule has 3 rings (SSSR count). The minimum atomic E-state index is 0.117. The molecule has 0 saturated heterocycles. The Morgan fingerprint density at radius 1 is 0.652 bits per heavy atom. The van der Waals surface area contributed by atoms with Crippen LogP contribution in [0.25, 0.3) is 0 Å². The van der Waals surface area contributed by atoms with Crippen molar-refractivity contribution in [2.45, 2.75) is 96.3 Å². The van der Waals surface area contributed by atoms with Crippen molar-refractivity contribution in [2.75, 3.05) is 6.61 Å². The van der Waals surface area contributed by atoms with Gasteiger partial charge in [0.25, 0.3) is 0 Å². The Hall–Kier alpha value is -0.530. The highest BCUT2D eigenvalue weighted by Crippen LogP contribution is 2.37. The van der Waals surface area contributed by atoms with Crippen LogP contribution in [0.15, 0.2) is 0 Å². The molecule has 3 aliphatic carbocycles. The molecule has 0 aromatic heterocycles. The van der Waals surface area contributed by atoms with Crippen LogP contribution in [0.4, 0.5) is 0 Å². The largest absolute Gasteiger partial charge is 0.465 e. The molecular formula is C21H36O2. The molecule has 2 nitrogen and oxygen atoms in total. The summed E-state index contributed by atoms with van der Waals surface area (Å²) in [4.78, 5) is 12.3. The molecule has 0 atom stereocenters. The van der Waals surface area contributed by atoms with Gasteiger partial charge >= 0.3 is 5.97 Å². The van der Waals surface area contributed by atoms with E-state index in [1.54, 1.807) is 0 Å². The number of rotatable bonds is 5. The van der Waals surface area contributed by atoms with Crippen molar-refractivity contribution in [1.29, 1.82) is 0 Å². The van der Waals surface area contributed by atoms with Gasteiger partial charge in [-0.05, 0) is 62.7 Å². The predicted molar refractivity (Wildman–Crippen MR) is 94.2 cm³/mol. The first-order valence-corrected chi connectivity index (χ1v) is 10.5. The lowest BCUT2D eigenvalue weighted by Crippen LogP contribution is -2.27. The van der Waals surface area contributed by atoms with Crippen molar-refractivity contribution in [3.63, 3.8) is 0 Å². The van der Waals surface area contributed by atoms with Gasteiger partial charge in [0.15, 0.2) is 0 Å². The Kier molecular flexibility index (Phi) is 6.83. The van der Waals surface area contributed by atoms with E-state index < -0.39 is 0 Å². The first-order chi connectivity index (χ1) is 11.3. The summed E-state index contributed by atoms with van der Waals surface area (Å²) < 4.78 is 5.67. The van der Waals surface area contributed by atoms with E-state index in [1.807, 2.05) is 0 Å². The third-order valence-corrected chi connectivity index (χ3v) is 6.76. The molecule has 2 heteroatoms. The molecule has 0 radical (unpaired) electrons. The highest BCUT2D eigenvalue weighted by atomic mass is 16.5. The quantitative estimate of drug-likeness (QED) is 0.591. The van der Waals surface area contributed by atoms with Crippen molar-refractivity contribution in [2.24, 2.45) is 23.7 Å². The molecule has 3 fully saturated rings. The number of ether oxygens (including phenoxy) is 1. The van der Waals surface area contributed by atoms with Gasteiger partial charge in [-0.1, -0.05) is 51.4 Å². The van der Waals surface area contributed by atoms with E-state index in [2.05, 4.69) is 0 Å². The first-order valence-electron chi connectivity index (χ1n) is 10.5. The number of carbonyl (C=O) groups is 1. The van der Waals surface area contributed by atoms with Crippen molar-refractivity contribution < 1.29 is 9.53 Å². The van der Waals surface area contributed by atoms with Crippen LogP contribution >= 0.6 is 0 Å². The summed E-state index contributed by atoms with van der Waals surface area (Å²) in [7, 11) is 0. The van der Waals surface area contributed by atoms with Crippen molar-refractivity contribution in [3.8, 4) is 0 Å². The summed E-state index contributed by atoms with van der Waals surface area (Å²) >= 11 is 0. The molecule has 0 amide bonds. The topological polar surface area (TPSA) is 26.3 Å². The lowest BCUT2D eigenvalue weighted by Gasteiger charge is -2.31. The zero-order valence-electron chi connectivity index (χ0n) is 14.9. The SMILES string of the molecule is O=C(OCC1CCCCC1)C1CCC(CC2CCCCC2)CC1. The van der Waals surface area contributed by atoms with Crippen LogP contribution in [0, 0.1) is 23.7 Å². The van der Waals surface area contributed by atoms with Crippen LogP contribution in [-0.2, 0) is 9.53 Å². The molecule has 3 aliphatic rings. The van der Waals surface area contributed by atoms with E-state index >= 15 is 0 Å². The van der Waals surface area contributed by atoms with Crippen LogP contribution in [-0.4, -0.2) is 12.6 Å². The molecule has 0 aromatic carbocycles. The van der Waals surface area contributed by atoms with Crippen LogP contribution in [0.5, 0.6) is 0 Å². The molecule has 0 aromatic rings. The number of carbonyl (C=O) groups excluding carboxylic acids is 1. The minimum absolute atomic E-state index is 0.117. The normalized spacial score (nSPS) is 31.0. The van der Waals surface area contributed by atoms with E-state index in [4.69, 9.17) is 4.74 Å². The third-order valence-electron chi connectivity index (χ3n) is 6.76. The first kappa shape index (κ1) is 17.3. The maximum absolute atomic E-state index is 12.3. The second-order valence-electron chi connectivity index (χ2n) is 8.59. The number of hydrogen-bond donors (Lipinski definition) is 0. The molecule has 0 heterocycles. The number of esters is 1. The van der Waals surface area contributed by atoms with Crippen LogP contribution in [0.2, 0.25) is 0 Å². The second-order valence-corrected chi connectivity index (χ2v) is 8.59. The van der Waals surface area contributed by atoms with E-state index in [1.165, 1.54) is 83.5 Å². The average molecular weight is 321 g/mol. The van der Waals surface area contributed by atoms with E-state index in [0.717, 1.165) is 24.7 Å². The van der Waals surface area contributed by atoms with Gasteiger partial charge in [-0.2, -0.15) is 0 Å². The molecule has 132 valence electrons. The fourth-order valence-corrected chi connectivity index (χ4v) is 5.20. The summed E-state index contributed by atoms with van der Waals surface area (Å²) in [6.45, 7) is 0.695. The van der Waals surface area contributed by atoms with E-state index in [0.29, 0.717) is 12.5 Å². The molecule has 3 saturated carbocycles. The minimum Gasteiger partial charge on any atom is -0.465 e. The smallest absolute Gasteiger partial charge is 0.308 e. The summed E-state index contributed by atoms with van der Waals surface area (Å²) in [6.07, 6.45) is 20.0. The van der Waals surface area contributed by atoms with Crippen molar-refractivity contribution in [1.82, 2.24) is 0 Å². The predicted octanol–water partition coefficient (Wildman–Crippen LogP) is 5.89. The maximum Gasteiger partial charge on any atom is 0.308 e. The fourth-order valence-electron chi connectivity index (χ4n) is 5.20. The lowest BCUT2D eigenvalue weighted by atomic mass is 9.75. The zero-order chi connectivity index (χ0) is 15.9. The van der Waals surface area contributed by atoms with Crippen molar-refractivity contribution >= 4 is 5.97 Å². The van der Waals surface area contributed by atoms with Gasteiger partial charge in [-0.3, -0.25) is 4.79 Å². The number of hydrogen-bond acceptors (Lipinski definition) is 2. The standard InChI is InChI=1S/C21H36O2/c22-21(23-16-19-9-5-2-6-10-19)20-13-11-18(12-14-20)15-17-7-3-1-4-8-17/h17-20H,1-16H2. The summed E-state index contributed by atoms with van der Waals surface area (Å²) in [5.41, 5.74) is 0. The molecular weight excluding hydrogens is 284 g/mol. The summed E-state index contributed by atoms with van der Waals surface area (Å²) in [5.74, 6) is 2.85. The van der Waals surface area contributed by atoms with E-state index in [-0.39, 0.29) is 11.9 Å². The highest BCUT2D eigenvalue weighted by Gasteiger charge is 2.29. The zero-order valence-corrected chi connectivity index (χ0v) is 14.9. The van der Waals surface area contributed by atoms with Gasteiger partial charge in [0.1, 0.15) is 0 Å². The van der Waals surface area contributed by atoms with Gasteiger partial charge in [0.2, 0.25) is 0 Å². The second kappa shape index (κ2) is 9.08. The molecule has 0 unspecified atom stereocenters. The molecule has 0 N–H and O–H groups in total. The monoisotopic (exact) mass is 320 g/mol. The highest BCUT2D eigenvalue weighted by molar-refractivity contribution is 5.72. The Labute approximate surface area is 142 Å². The van der Waals surface area contributed by atoms with Crippen LogP contribution in [0.1, 0.15) is 96.3 Å². The van der Waals surface area contributed by atoms with Gasteiger partial charge in [-0.25, -0.2) is 0 Å². The Balaban J connectivity index is 1.32. The van der Waals surface area contributed by atoms with Gasteiger partial charge in [-0.15, -0.1) is 0 Å². The summed E-state index contributed by atoms with van der Waals surface area (Å²) in [6, 6.07) is 0. The fraction of sp³-hybridized carbons (Fsp3) is 0.952. The Bertz CT molecular complexity index is 345. The van der Waals surface area contributed by atoms with Crippen molar-refractivity contribution in [3.05, 3.63) is 0 Å². The van der Waals surface area contributed by atoms with Gasteiger partial charge in [0.05, 0.1) is 12.5 Å². The van der Waals surface area contributed by atoms with Gasteiger partial charge < -0.3 is 4.74 Å². The average Bonchev–Trinajstić information content (AvgIpc) is 2.62. The Morgan fingerprint density at radius 2 is 1.17 bits per heavy atom. The maximum atomic E-state index is 12.3.